The van der Waals surface area contributed by atoms with Crippen LogP contribution in [0.15, 0.2) is 60.9 Å². The number of rotatable bonds is 3. The molecule has 0 atom stereocenters. The van der Waals surface area contributed by atoms with Crippen LogP contribution in [0.4, 0.5) is 4.39 Å². The Morgan fingerprint density at radius 3 is 2.69 bits per heavy atom. The van der Waals surface area contributed by atoms with E-state index in [0.717, 1.165) is 5.69 Å². The van der Waals surface area contributed by atoms with E-state index in [1.54, 1.807) is 28.8 Å². The summed E-state index contributed by atoms with van der Waals surface area (Å²) in [6, 6.07) is 14.0. The molecule has 26 heavy (non-hydrogen) atoms. The summed E-state index contributed by atoms with van der Waals surface area (Å²) in [4.78, 5) is 20.2. The Morgan fingerprint density at radius 1 is 1.12 bits per heavy atom. The molecule has 3 aromatic heterocycles. The van der Waals surface area contributed by atoms with Gasteiger partial charge in [-0.25, -0.2) is 9.37 Å². The normalized spacial score (nSPS) is 11.0. The first-order valence-corrected chi connectivity index (χ1v) is 8.04. The van der Waals surface area contributed by atoms with Crippen LogP contribution in [0, 0.1) is 12.7 Å². The Hall–Kier alpha value is -3.54. The number of carbonyl (C=O) groups excluding carboxylic acids is 1. The van der Waals surface area contributed by atoms with Crippen molar-refractivity contribution >= 4 is 11.6 Å². The van der Waals surface area contributed by atoms with Crippen molar-refractivity contribution in [2.24, 2.45) is 5.73 Å². The molecule has 0 bridgehead atoms. The molecule has 4 aromatic rings. The second-order valence-corrected chi connectivity index (χ2v) is 5.98. The van der Waals surface area contributed by atoms with Gasteiger partial charge in [-0.1, -0.05) is 18.2 Å². The van der Waals surface area contributed by atoms with E-state index in [2.05, 4.69) is 9.97 Å². The molecule has 0 fully saturated rings. The predicted molar refractivity (Wildman–Crippen MR) is 97.1 cm³/mol. The lowest BCUT2D eigenvalue weighted by Crippen LogP contribution is -2.13. The van der Waals surface area contributed by atoms with Gasteiger partial charge in [0, 0.05) is 28.6 Å². The van der Waals surface area contributed by atoms with Crippen LogP contribution in [0.1, 0.15) is 16.2 Å². The van der Waals surface area contributed by atoms with Gasteiger partial charge in [-0.15, -0.1) is 0 Å². The van der Waals surface area contributed by atoms with E-state index < -0.39 is 5.91 Å². The van der Waals surface area contributed by atoms with E-state index in [1.165, 1.54) is 12.3 Å². The molecule has 6 heteroatoms. The third-order valence-corrected chi connectivity index (χ3v) is 4.22. The molecule has 0 aliphatic rings. The number of pyridine rings is 2. The number of aromatic nitrogens is 3. The van der Waals surface area contributed by atoms with Gasteiger partial charge in [0.15, 0.2) is 0 Å². The summed E-state index contributed by atoms with van der Waals surface area (Å²) < 4.78 is 16.3. The summed E-state index contributed by atoms with van der Waals surface area (Å²) in [6.45, 7) is 1.89. The molecule has 5 nitrogen and oxygen atoms in total. The lowest BCUT2D eigenvalue weighted by Gasteiger charge is -2.12. The van der Waals surface area contributed by atoms with Gasteiger partial charge >= 0.3 is 0 Å². The first-order valence-electron chi connectivity index (χ1n) is 8.04. The molecule has 1 aromatic carbocycles. The maximum absolute atomic E-state index is 14.8. The number of primary amides is 1. The lowest BCUT2D eigenvalue weighted by atomic mass is 9.97. The average Bonchev–Trinajstić information content (AvgIpc) is 3.05. The largest absolute Gasteiger partial charge is 0.364 e. The summed E-state index contributed by atoms with van der Waals surface area (Å²) in [5, 5.41) is 0. The zero-order chi connectivity index (χ0) is 18.3. The number of imidazole rings is 1. The molecule has 2 N–H and O–H groups in total. The highest BCUT2D eigenvalue weighted by atomic mass is 19.1. The van der Waals surface area contributed by atoms with E-state index >= 15 is 0 Å². The molecule has 3 heterocycles. The Bertz CT molecular complexity index is 1150. The highest BCUT2D eigenvalue weighted by Gasteiger charge is 2.16. The topological polar surface area (TPSA) is 73.3 Å². The Balaban J connectivity index is 1.97. The van der Waals surface area contributed by atoms with Crippen molar-refractivity contribution < 1.29 is 9.18 Å². The fourth-order valence-corrected chi connectivity index (χ4v) is 3.03. The Labute approximate surface area is 148 Å². The van der Waals surface area contributed by atoms with E-state index in [9.17, 15) is 9.18 Å². The van der Waals surface area contributed by atoms with E-state index in [-0.39, 0.29) is 11.5 Å². The van der Waals surface area contributed by atoms with Crippen molar-refractivity contribution in [3.63, 3.8) is 0 Å². The van der Waals surface area contributed by atoms with Crippen LogP contribution >= 0.6 is 0 Å². The Kier molecular flexibility index (Phi) is 3.73. The number of amides is 1. The van der Waals surface area contributed by atoms with Crippen LogP contribution in [0.3, 0.4) is 0 Å². The van der Waals surface area contributed by atoms with E-state index in [4.69, 9.17) is 5.73 Å². The van der Waals surface area contributed by atoms with Gasteiger partial charge in [0.05, 0.1) is 11.9 Å². The van der Waals surface area contributed by atoms with Crippen LogP contribution in [0.5, 0.6) is 0 Å². The van der Waals surface area contributed by atoms with Gasteiger partial charge in [-0.05, 0) is 37.3 Å². The molecule has 1 amide bonds. The molecule has 4 rings (SSSR count). The summed E-state index contributed by atoms with van der Waals surface area (Å²) in [5.74, 6) is -0.963. The summed E-state index contributed by atoms with van der Waals surface area (Å²) in [7, 11) is 0. The molecule has 128 valence electrons. The molecule has 0 spiro atoms. The summed E-state index contributed by atoms with van der Waals surface area (Å²) in [6.07, 6.45) is 3.08. The molecular weight excluding hydrogens is 331 g/mol. The van der Waals surface area contributed by atoms with Crippen molar-refractivity contribution in [3.05, 3.63) is 78.1 Å². The fourth-order valence-electron chi connectivity index (χ4n) is 3.03. The number of nitrogens with zero attached hydrogens (tertiary/aromatic N) is 3. The van der Waals surface area contributed by atoms with E-state index in [1.807, 2.05) is 31.2 Å². The number of carbonyl (C=O) groups is 1. The van der Waals surface area contributed by atoms with Gasteiger partial charge in [0.2, 0.25) is 0 Å². The van der Waals surface area contributed by atoms with Crippen LogP contribution in [-0.2, 0) is 0 Å². The number of fused-ring (bicyclic) bond motifs is 1. The third-order valence-electron chi connectivity index (χ3n) is 4.22. The highest BCUT2D eigenvalue weighted by Crippen LogP contribution is 2.33. The maximum Gasteiger partial charge on any atom is 0.267 e. The lowest BCUT2D eigenvalue weighted by molar-refractivity contribution is 0.0995. The van der Waals surface area contributed by atoms with Crippen molar-refractivity contribution in [1.82, 2.24) is 14.4 Å². The smallest absolute Gasteiger partial charge is 0.267 e. The van der Waals surface area contributed by atoms with Gasteiger partial charge in [-0.2, -0.15) is 0 Å². The molecule has 0 saturated heterocycles. The van der Waals surface area contributed by atoms with Crippen LogP contribution in [0.2, 0.25) is 0 Å². The number of aryl methyl sites for hydroxylation is 1. The minimum atomic E-state index is -0.594. The summed E-state index contributed by atoms with van der Waals surface area (Å²) in [5.41, 5.74) is 9.43. The Morgan fingerprint density at radius 2 is 1.92 bits per heavy atom. The molecule has 0 unspecified atom stereocenters. The van der Waals surface area contributed by atoms with Crippen molar-refractivity contribution in [3.8, 4) is 22.4 Å². The molecule has 0 saturated carbocycles. The molecule has 0 radical (unpaired) electrons. The van der Waals surface area contributed by atoms with Gasteiger partial charge in [0.1, 0.15) is 17.2 Å². The standard InChI is InChI=1S/C20H15FN4O/c1-12-4-2-7-16(24-12)14-5-3-6-15(21)19(14)13-8-9-18-23-10-17(20(22)26)25(18)11-13/h2-11H,1H3,(H2,22,26). The second-order valence-electron chi connectivity index (χ2n) is 5.98. The monoisotopic (exact) mass is 346 g/mol. The quantitative estimate of drug-likeness (QED) is 0.616. The second kappa shape index (κ2) is 6.07. The first-order chi connectivity index (χ1) is 12.5. The number of benzene rings is 1. The van der Waals surface area contributed by atoms with Crippen LogP contribution in [-0.4, -0.2) is 20.3 Å². The van der Waals surface area contributed by atoms with Crippen molar-refractivity contribution in [2.45, 2.75) is 6.92 Å². The van der Waals surface area contributed by atoms with Crippen LogP contribution < -0.4 is 5.73 Å². The predicted octanol–water partition coefficient (Wildman–Crippen LogP) is 3.61. The number of halogens is 1. The zero-order valence-corrected chi connectivity index (χ0v) is 14.0. The minimum absolute atomic E-state index is 0.244. The van der Waals surface area contributed by atoms with Crippen molar-refractivity contribution in [2.75, 3.05) is 0 Å². The maximum atomic E-state index is 14.8. The van der Waals surface area contributed by atoms with E-state index in [0.29, 0.717) is 28.0 Å². The van der Waals surface area contributed by atoms with Gasteiger partial charge in [0.25, 0.3) is 5.91 Å². The average molecular weight is 346 g/mol. The van der Waals surface area contributed by atoms with Crippen LogP contribution in [0.25, 0.3) is 28.0 Å². The number of hydrogen-bond donors (Lipinski definition) is 1. The fraction of sp³-hybridized carbons (Fsp3) is 0.0500. The minimum Gasteiger partial charge on any atom is -0.364 e. The third kappa shape index (κ3) is 2.61. The zero-order valence-electron chi connectivity index (χ0n) is 14.0. The molecule has 0 aliphatic carbocycles. The SMILES string of the molecule is Cc1cccc(-c2cccc(F)c2-c2ccc3ncc(C(N)=O)n3c2)n1. The van der Waals surface area contributed by atoms with Crippen molar-refractivity contribution in [1.29, 1.82) is 0 Å². The van der Waals surface area contributed by atoms with Gasteiger partial charge < -0.3 is 5.73 Å². The molecular formula is C20H15FN4O. The van der Waals surface area contributed by atoms with Gasteiger partial charge in [-0.3, -0.25) is 14.2 Å². The highest BCUT2D eigenvalue weighted by molar-refractivity contribution is 5.92. The summed E-state index contributed by atoms with van der Waals surface area (Å²) >= 11 is 0. The number of nitrogens with two attached hydrogens (primary N) is 1. The number of hydrogen-bond acceptors (Lipinski definition) is 3. The molecule has 0 aliphatic heterocycles. The first kappa shape index (κ1) is 16.0.